The van der Waals surface area contributed by atoms with E-state index in [9.17, 15) is 0 Å². The van der Waals surface area contributed by atoms with Crippen molar-refractivity contribution < 1.29 is 0 Å². The van der Waals surface area contributed by atoms with E-state index in [2.05, 4.69) is 95.6 Å². The average Bonchev–Trinajstić information content (AvgIpc) is 2.27. The summed E-state index contributed by atoms with van der Waals surface area (Å²) in [6, 6.07) is 11.0. The van der Waals surface area contributed by atoms with Gasteiger partial charge < -0.3 is 0 Å². The van der Waals surface area contributed by atoms with Crippen molar-refractivity contribution in [3.63, 3.8) is 0 Å². The highest BCUT2D eigenvalue weighted by atomic mass is 28.3. The van der Waals surface area contributed by atoms with E-state index in [1.54, 1.807) is 0 Å². The molecule has 1 atom stereocenters. The number of rotatable bonds is 5. The van der Waals surface area contributed by atoms with E-state index in [-0.39, 0.29) is 0 Å². The van der Waals surface area contributed by atoms with Crippen LogP contribution in [0.25, 0.3) is 0 Å². The van der Waals surface area contributed by atoms with E-state index >= 15 is 0 Å². The molecule has 0 radical (unpaired) electrons. The lowest BCUT2D eigenvalue weighted by Gasteiger charge is -2.36. The van der Waals surface area contributed by atoms with Crippen LogP contribution >= 0.6 is 0 Å². The zero-order valence-corrected chi connectivity index (χ0v) is 16.6. The van der Waals surface area contributed by atoms with Crippen LogP contribution in [-0.4, -0.2) is 16.1 Å². The molecule has 112 valence electrons. The van der Waals surface area contributed by atoms with Crippen LogP contribution in [0.3, 0.4) is 0 Å². The largest absolute Gasteiger partial charge is 0.0852 e. The Balaban J connectivity index is 3.11. The second kappa shape index (κ2) is 6.02. The van der Waals surface area contributed by atoms with Crippen molar-refractivity contribution in [1.82, 2.24) is 0 Å². The summed E-state index contributed by atoms with van der Waals surface area (Å²) in [6.07, 6.45) is 5.02. The summed E-state index contributed by atoms with van der Waals surface area (Å²) >= 11 is 0. The molecule has 0 N–H and O–H groups in total. The number of hydrogen-bond acceptors (Lipinski definition) is 0. The van der Waals surface area contributed by atoms with Gasteiger partial charge in [-0.2, -0.15) is 0 Å². The number of benzene rings is 1. The molecule has 0 nitrogen and oxygen atoms in total. The van der Waals surface area contributed by atoms with Crippen molar-refractivity contribution in [2.75, 3.05) is 0 Å². The fraction of sp³-hybridized carbons (Fsp3) is 0.556. The molecule has 1 aromatic carbocycles. The van der Waals surface area contributed by atoms with E-state index in [1.165, 1.54) is 5.56 Å². The van der Waals surface area contributed by atoms with Gasteiger partial charge in [-0.05, 0) is 16.1 Å². The van der Waals surface area contributed by atoms with Gasteiger partial charge >= 0.3 is 0 Å². The van der Waals surface area contributed by atoms with E-state index in [4.69, 9.17) is 0 Å². The van der Waals surface area contributed by atoms with Crippen LogP contribution in [0, 0.1) is 0 Å². The number of allylic oxidation sites excluding steroid dienone is 2. The minimum absolute atomic E-state index is 0.347. The van der Waals surface area contributed by atoms with Gasteiger partial charge in [-0.25, -0.2) is 0 Å². The second-order valence-electron chi connectivity index (χ2n) is 8.59. The van der Waals surface area contributed by atoms with Gasteiger partial charge in [-0.3, -0.25) is 0 Å². The van der Waals surface area contributed by atoms with Crippen molar-refractivity contribution in [1.29, 1.82) is 0 Å². The Morgan fingerprint density at radius 1 is 0.900 bits per heavy atom. The molecule has 0 amide bonds. The van der Waals surface area contributed by atoms with E-state index in [0.29, 0.717) is 10.6 Å². The minimum Gasteiger partial charge on any atom is -0.0852 e. The van der Waals surface area contributed by atoms with Gasteiger partial charge in [-0.15, -0.1) is 0 Å². The summed E-state index contributed by atoms with van der Waals surface area (Å²) in [5.41, 5.74) is 2.09. The first-order valence-corrected chi connectivity index (χ1v) is 14.8. The Bertz CT molecular complexity index is 445. The number of hydrogen-bond donors (Lipinski definition) is 0. The molecule has 0 aliphatic heterocycles. The van der Waals surface area contributed by atoms with Crippen LogP contribution in [0.4, 0.5) is 0 Å². The van der Waals surface area contributed by atoms with Gasteiger partial charge in [-0.1, -0.05) is 95.6 Å². The molecule has 0 heterocycles. The molecule has 1 aromatic rings. The first-order chi connectivity index (χ1) is 8.95. The summed E-state index contributed by atoms with van der Waals surface area (Å²) in [5, 5.41) is 0.347. The van der Waals surface area contributed by atoms with Crippen LogP contribution in [0.2, 0.25) is 44.3 Å². The maximum atomic E-state index is 2.51. The monoisotopic (exact) mass is 304 g/mol. The standard InChI is InChI=1S/C18H32Si2/c1-18(2,20(6,7)8)15-14-17(19(3,4)5)16-12-10-9-11-13-16/h9-15,17H,1-8H3/b15-14+. The normalized spacial score (nSPS) is 15.6. The fourth-order valence-electron chi connectivity index (χ4n) is 2.15. The predicted molar refractivity (Wildman–Crippen MR) is 99.1 cm³/mol. The van der Waals surface area contributed by atoms with Crippen LogP contribution < -0.4 is 0 Å². The highest BCUT2D eigenvalue weighted by Gasteiger charge is 2.33. The van der Waals surface area contributed by atoms with Crippen molar-refractivity contribution in [3.05, 3.63) is 48.0 Å². The zero-order valence-electron chi connectivity index (χ0n) is 14.6. The van der Waals surface area contributed by atoms with Crippen molar-refractivity contribution >= 4 is 16.1 Å². The molecule has 0 bridgehead atoms. The first kappa shape index (κ1) is 17.4. The molecular formula is C18H32Si2. The summed E-state index contributed by atoms with van der Waals surface area (Å²) in [5.74, 6) is 0. The van der Waals surface area contributed by atoms with E-state index in [1.807, 2.05) is 0 Å². The predicted octanol–water partition coefficient (Wildman–Crippen LogP) is 6.32. The molecule has 0 aliphatic carbocycles. The van der Waals surface area contributed by atoms with E-state index in [0.717, 1.165) is 0 Å². The lowest BCUT2D eigenvalue weighted by Crippen LogP contribution is -2.34. The highest BCUT2D eigenvalue weighted by Crippen LogP contribution is 2.40. The third-order valence-corrected chi connectivity index (χ3v) is 11.2. The molecule has 2 heteroatoms. The topological polar surface area (TPSA) is 0 Å². The first-order valence-electron chi connectivity index (χ1n) is 7.69. The molecule has 0 aromatic heterocycles. The van der Waals surface area contributed by atoms with E-state index < -0.39 is 16.1 Å². The zero-order chi connectivity index (χ0) is 15.6. The molecule has 0 saturated heterocycles. The van der Waals surface area contributed by atoms with Crippen molar-refractivity contribution in [3.8, 4) is 0 Å². The van der Waals surface area contributed by atoms with Gasteiger partial charge in [0.05, 0.1) is 16.1 Å². The second-order valence-corrected chi connectivity index (χ2v) is 19.7. The summed E-state index contributed by atoms with van der Waals surface area (Å²) in [4.78, 5) is 0. The van der Waals surface area contributed by atoms with Crippen LogP contribution in [0.5, 0.6) is 0 Å². The molecule has 20 heavy (non-hydrogen) atoms. The molecule has 1 rings (SSSR count). The molecule has 1 unspecified atom stereocenters. The van der Waals surface area contributed by atoms with Crippen LogP contribution in [0.15, 0.2) is 42.5 Å². The van der Waals surface area contributed by atoms with Gasteiger partial charge in [0.2, 0.25) is 0 Å². The third-order valence-electron chi connectivity index (χ3n) is 4.73. The average molecular weight is 305 g/mol. The Kier molecular flexibility index (Phi) is 5.25. The Hall–Kier alpha value is -0.606. The Morgan fingerprint density at radius 3 is 1.80 bits per heavy atom. The van der Waals surface area contributed by atoms with Crippen molar-refractivity contribution in [2.24, 2.45) is 0 Å². The van der Waals surface area contributed by atoms with Crippen LogP contribution in [0.1, 0.15) is 25.0 Å². The molecule has 0 saturated carbocycles. The lowest BCUT2D eigenvalue weighted by atomic mass is 10.1. The van der Waals surface area contributed by atoms with Gasteiger partial charge in [0.15, 0.2) is 0 Å². The summed E-state index contributed by atoms with van der Waals surface area (Å²) < 4.78 is 0. The maximum absolute atomic E-state index is 2.51. The molecular weight excluding hydrogens is 272 g/mol. The lowest BCUT2D eigenvalue weighted by molar-refractivity contribution is 0.805. The SMILES string of the molecule is CC(C)(/C=C/C(c1ccccc1)[Si](C)(C)C)[Si](C)(C)C. The Morgan fingerprint density at radius 2 is 1.40 bits per heavy atom. The molecule has 0 aliphatic rings. The van der Waals surface area contributed by atoms with Gasteiger partial charge in [0.1, 0.15) is 0 Å². The summed E-state index contributed by atoms with van der Waals surface area (Å²) in [6.45, 7) is 19.6. The maximum Gasteiger partial charge on any atom is 0.0565 e. The fourth-order valence-corrected chi connectivity index (χ4v) is 4.61. The van der Waals surface area contributed by atoms with Crippen molar-refractivity contribution in [2.45, 2.75) is 63.7 Å². The Labute approximate surface area is 128 Å². The third kappa shape index (κ3) is 4.45. The smallest absolute Gasteiger partial charge is 0.0565 e. The molecule has 0 spiro atoms. The van der Waals surface area contributed by atoms with Crippen LogP contribution in [-0.2, 0) is 0 Å². The highest BCUT2D eigenvalue weighted by molar-refractivity contribution is 6.79. The van der Waals surface area contributed by atoms with Gasteiger partial charge in [0, 0.05) is 0 Å². The summed E-state index contributed by atoms with van der Waals surface area (Å²) in [7, 11) is -2.44. The molecule has 0 fully saturated rings. The quantitative estimate of drug-likeness (QED) is 0.441. The van der Waals surface area contributed by atoms with Gasteiger partial charge in [0.25, 0.3) is 0 Å². The minimum atomic E-state index is -1.26.